The quantitative estimate of drug-likeness (QED) is 0.845. The van der Waals surface area contributed by atoms with Crippen LogP contribution in [0.3, 0.4) is 0 Å². The minimum atomic E-state index is 0.526. The molecule has 0 spiro atoms. The maximum atomic E-state index is 4.52. The highest BCUT2D eigenvalue weighted by atomic mass is 15.2. The number of rotatable bonds is 5. The summed E-state index contributed by atoms with van der Waals surface area (Å²) in [4.78, 5) is 11.0. The molecule has 0 bridgehead atoms. The summed E-state index contributed by atoms with van der Waals surface area (Å²) in [7, 11) is 3.93. The zero-order valence-electron chi connectivity index (χ0n) is 11.8. The summed E-state index contributed by atoms with van der Waals surface area (Å²) in [6.07, 6.45) is 0.990. The molecule has 0 aliphatic heterocycles. The van der Waals surface area contributed by atoms with E-state index in [-0.39, 0.29) is 0 Å². The van der Waals surface area contributed by atoms with Crippen LogP contribution >= 0.6 is 0 Å². The Morgan fingerprint density at radius 2 is 1.65 bits per heavy atom. The molecule has 0 aliphatic carbocycles. The van der Waals surface area contributed by atoms with Crippen LogP contribution < -0.4 is 10.2 Å². The van der Waals surface area contributed by atoms with E-state index in [0.717, 1.165) is 30.3 Å². The minimum Gasteiger partial charge on any atom is -0.347 e. The van der Waals surface area contributed by atoms with Crippen LogP contribution in [0.2, 0.25) is 0 Å². The third-order valence-corrected chi connectivity index (χ3v) is 2.74. The van der Waals surface area contributed by atoms with E-state index < -0.39 is 0 Å². The first-order chi connectivity index (χ1) is 7.91. The molecule has 4 heteroatoms. The number of nitrogens with zero attached hydrogens (tertiary/aromatic N) is 3. The predicted molar refractivity (Wildman–Crippen MR) is 72.7 cm³/mol. The Balaban J connectivity index is 2.79. The minimum absolute atomic E-state index is 0.526. The molecule has 0 unspecified atom stereocenters. The lowest BCUT2D eigenvalue weighted by Gasteiger charge is -2.15. The third kappa shape index (κ3) is 3.97. The molecule has 0 amide bonds. The van der Waals surface area contributed by atoms with Crippen molar-refractivity contribution in [1.82, 2.24) is 15.3 Å². The molecule has 0 aliphatic rings. The fraction of sp³-hybridized carbons (Fsp3) is 0.692. The first-order valence-electron chi connectivity index (χ1n) is 6.16. The van der Waals surface area contributed by atoms with Crippen LogP contribution in [0.4, 0.5) is 5.95 Å². The van der Waals surface area contributed by atoms with Gasteiger partial charge >= 0.3 is 0 Å². The van der Waals surface area contributed by atoms with Gasteiger partial charge in [0.25, 0.3) is 0 Å². The van der Waals surface area contributed by atoms with E-state index in [0.29, 0.717) is 6.04 Å². The van der Waals surface area contributed by atoms with E-state index in [4.69, 9.17) is 0 Å². The molecule has 1 rings (SSSR count). The Kier molecular flexibility index (Phi) is 4.87. The van der Waals surface area contributed by atoms with Gasteiger partial charge in [-0.2, -0.15) is 0 Å². The van der Waals surface area contributed by atoms with E-state index >= 15 is 0 Å². The lowest BCUT2D eigenvalue weighted by Crippen LogP contribution is -2.25. The van der Waals surface area contributed by atoms with Crippen molar-refractivity contribution in [3.8, 4) is 0 Å². The van der Waals surface area contributed by atoms with Gasteiger partial charge in [0.1, 0.15) is 0 Å². The number of hydrogen-bond donors (Lipinski definition) is 1. The number of aryl methyl sites for hydroxylation is 2. The lowest BCUT2D eigenvalue weighted by atomic mass is 10.1. The zero-order valence-corrected chi connectivity index (χ0v) is 11.8. The molecule has 1 aromatic heterocycles. The van der Waals surface area contributed by atoms with Gasteiger partial charge in [0.15, 0.2) is 0 Å². The first kappa shape index (κ1) is 13.9. The molecule has 4 nitrogen and oxygen atoms in total. The summed E-state index contributed by atoms with van der Waals surface area (Å²) in [5.74, 6) is 0.792. The van der Waals surface area contributed by atoms with Crippen LogP contribution in [-0.2, 0) is 6.42 Å². The predicted octanol–water partition coefficient (Wildman–Crippen LogP) is 1.70. The second kappa shape index (κ2) is 5.96. The second-order valence-corrected chi connectivity index (χ2v) is 4.93. The molecule has 1 aromatic rings. The number of nitrogens with one attached hydrogen (secondary N) is 1. The highest BCUT2D eigenvalue weighted by Crippen LogP contribution is 2.14. The van der Waals surface area contributed by atoms with Crippen LogP contribution in [0.15, 0.2) is 0 Å². The van der Waals surface area contributed by atoms with Gasteiger partial charge in [0.2, 0.25) is 5.95 Å². The van der Waals surface area contributed by atoms with Gasteiger partial charge in [-0.15, -0.1) is 0 Å². The van der Waals surface area contributed by atoms with Crippen molar-refractivity contribution in [3.63, 3.8) is 0 Å². The summed E-state index contributed by atoms with van der Waals surface area (Å²) in [5, 5.41) is 3.42. The van der Waals surface area contributed by atoms with Gasteiger partial charge in [-0.3, -0.25) is 0 Å². The smallest absolute Gasteiger partial charge is 0.225 e. The maximum Gasteiger partial charge on any atom is 0.225 e. The Morgan fingerprint density at radius 1 is 1.12 bits per heavy atom. The van der Waals surface area contributed by atoms with Crippen molar-refractivity contribution in [1.29, 1.82) is 0 Å². The Morgan fingerprint density at radius 3 is 2.06 bits per heavy atom. The molecular formula is C13H24N4. The largest absolute Gasteiger partial charge is 0.347 e. The summed E-state index contributed by atoms with van der Waals surface area (Å²) >= 11 is 0. The highest BCUT2D eigenvalue weighted by molar-refractivity contribution is 5.35. The number of anilines is 1. The Bertz CT molecular complexity index is 349. The SMILES string of the molecule is Cc1nc(N(C)C)nc(C)c1CCNC(C)C. The first-order valence-corrected chi connectivity index (χ1v) is 6.16. The van der Waals surface area contributed by atoms with E-state index in [1.54, 1.807) is 0 Å². The van der Waals surface area contributed by atoms with E-state index in [1.807, 2.05) is 19.0 Å². The summed E-state index contributed by atoms with van der Waals surface area (Å²) in [6.45, 7) is 9.42. The van der Waals surface area contributed by atoms with Crippen molar-refractivity contribution in [2.75, 3.05) is 25.5 Å². The van der Waals surface area contributed by atoms with Gasteiger partial charge < -0.3 is 10.2 Å². The Labute approximate surface area is 104 Å². The average molecular weight is 236 g/mol. The molecule has 0 atom stereocenters. The average Bonchev–Trinajstić information content (AvgIpc) is 2.21. The van der Waals surface area contributed by atoms with Crippen molar-refractivity contribution < 1.29 is 0 Å². The van der Waals surface area contributed by atoms with Crippen LogP contribution in [0.5, 0.6) is 0 Å². The van der Waals surface area contributed by atoms with Crippen molar-refractivity contribution in [2.24, 2.45) is 0 Å². The third-order valence-electron chi connectivity index (χ3n) is 2.74. The van der Waals surface area contributed by atoms with Gasteiger partial charge in [-0.1, -0.05) is 13.8 Å². The van der Waals surface area contributed by atoms with E-state index in [2.05, 4.69) is 43.0 Å². The molecular weight excluding hydrogens is 212 g/mol. The van der Waals surface area contributed by atoms with Gasteiger partial charge in [0, 0.05) is 31.5 Å². The molecule has 96 valence electrons. The van der Waals surface area contributed by atoms with E-state index in [1.165, 1.54) is 5.56 Å². The monoisotopic (exact) mass is 236 g/mol. The lowest BCUT2D eigenvalue weighted by molar-refractivity contribution is 0.587. The second-order valence-electron chi connectivity index (χ2n) is 4.93. The molecule has 0 fully saturated rings. The molecule has 0 saturated carbocycles. The van der Waals surface area contributed by atoms with Crippen molar-refractivity contribution in [2.45, 2.75) is 40.2 Å². The summed E-state index contributed by atoms with van der Waals surface area (Å²) in [5.41, 5.74) is 3.45. The van der Waals surface area contributed by atoms with Gasteiger partial charge in [-0.25, -0.2) is 9.97 Å². The van der Waals surface area contributed by atoms with Crippen molar-refractivity contribution in [3.05, 3.63) is 17.0 Å². The Hall–Kier alpha value is -1.16. The van der Waals surface area contributed by atoms with Crippen LogP contribution in [-0.4, -0.2) is 36.6 Å². The molecule has 0 saturated heterocycles. The normalized spacial score (nSPS) is 11.0. The molecule has 1 heterocycles. The zero-order chi connectivity index (χ0) is 13.0. The number of hydrogen-bond acceptors (Lipinski definition) is 4. The maximum absolute atomic E-state index is 4.52. The van der Waals surface area contributed by atoms with Crippen LogP contribution in [0, 0.1) is 13.8 Å². The van der Waals surface area contributed by atoms with Gasteiger partial charge in [-0.05, 0) is 32.4 Å². The fourth-order valence-corrected chi connectivity index (χ4v) is 1.77. The highest BCUT2D eigenvalue weighted by Gasteiger charge is 2.09. The standard InChI is InChI=1S/C13H24N4/c1-9(2)14-8-7-12-10(3)15-13(17(5)6)16-11(12)4/h9,14H,7-8H2,1-6H3. The molecule has 1 N–H and O–H groups in total. The summed E-state index contributed by atoms with van der Waals surface area (Å²) in [6, 6.07) is 0.526. The van der Waals surface area contributed by atoms with E-state index in [9.17, 15) is 0 Å². The fourth-order valence-electron chi connectivity index (χ4n) is 1.77. The van der Waals surface area contributed by atoms with Crippen LogP contribution in [0.25, 0.3) is 0 Å². The molecule has 17 heavy (non-hydrogen) atoms. The summed E-state index contributed by atoms with van der Waals surface area (Å²) < 4.78 is 0. The van der Waals surface area contributed by atoms with Crippen molar-refractivity contribution >= 4 is 5.95 Å². The molecule has 0 radical (unpaired) electrons. The number of aromatic nitrogens is 2. The van der Waals surface area contributed by atoms with Gasteiger partial charge in [0.05, 0.1) is 0 Å². The van der Waals surface area contributed by atoms with Crippen LogP contribution in [0.1, 0.15) is 30.8 Å². The topological polar surface area (TPSA) is 41.1 Å². The molecule has 0 aromatic carbocycles.